The van der Waals surface area contributed by atoms with Crippen molar-refractivity contribution in [1.29, 1.82) is 0 Å². The van der Waals surface area contributed by atoms with Crippen LogP contribution in [0.15, 0.2) is 105 Å². The zero-order valence-corrected chi connectivity index (χ0v) is 37.3. The molecule has 0 radical (unpaired) electrons. The lowest BCUT2D eigenvalue weighted by molar-refractivity contribution is -0.127. The van der Waals surface area contributed by atoms with Crippen LogP contribution in [0.4, 0.5) is 34.1 Å². The Labute approximate surface area is 384 Å². The summed E-state index contributed by atoms with van der Waals surface area (Å²) in [4.78, 5) is 77.8. The fourth-order valence-electron chi connectivity index (χ4n) is 5.60. The summed E-state index contributed by atoms with van der Waals surface area (Å²) in [5.41, 5.74) is 2.69. The zero-order chi connectivity index (χ0) is 45.4. The zero-order valence-electron chi connectivity index (χ0n) is 32.7. The molecule has 4 N–H and O–H groups in total. The molecular weight excluding hydrogens is 925 g/mol. The van der Waals surface area contributed by atoms with Gasteiger partial charge in [0.2, 0.25) is 12.1 Å². The molecule has 0 aliphatic carbocycles. The Hall–Kier alpha value is -5.74. The Morgan fingerprint density at radius 3 is 1.26 bits per heavy atom. The largest absolute Gasteiger partial charge is 0.324 e. The number of nitrogens with zero attached hydrogens (tertiary/aromatic N) is 4. The van der Waals surface area contributed by atoms with Crippen LogP contribution >= 0.6 is 69.6 Å². The van der Waals surface area contributed by atoms with Crippen LogP contribution in [0.1, 0.15) is 45.7 Å². The third kappa shape index (κ3) is 12.7. The van der Waals surface area contributed by atoms with E-state index < -0.39 is 47.3 Å². The Kier molecular flexibility index (Phi) is 15.9. The van der Waals surface area contributed by atoms with Gasteiger partial charge in [-0.2, -0.15) is 20.5 Å². The van der Waals surface area contributed by atoms with E-state index in [0.29, 0.717) is 38.2 Å². The van der Waals surface area contributed by atoms with Gasteiger partial charge in [0.25, 0.3) is 23.6 Å². The standard InChI is InChI=1S/C42H32Cl6N8O6/c1-19-9-29(51-41(61)37(21(3)57)55-53-30-13-23(11-25(43)15-30)39(59)49-27-5-7-32(45)34(47)17-27)10-20(2)36(19)52-42(62)38(22(4)58)56-54-31-14-24(12-26(44)16-31)40(60)50-28-6-8-33(46)35(48)18-28/h5-18,37-38H,1-4H3,(H,49,59)(H,50,60)(H,51,61)(H,52,62). The fraction of sp³-hybridized carbons (Fsp3) is 0.143. The average Bonchev–Trinajstić information content (AvgIpc) is 3.18. The van der Waals surface area contributed by atoms with Gasteiger partial charge in [0.1, 0.15) is 0 Å². The second-order valence-electron chi connectivity index (χ2n) is 13.5. The molecule has 0 spiro atoms. The van der Waals surface area contributed by atoms with Crippen LogP contribution in [0.2, 0.25) is 30.1 Å². The number of halogens is 6. The number of carbonyl (C=O) groups excluding carboxylic acids is 6. The van der Waals surface area contributed by atoms with Gasteiger partial charge in [-0.1, -0.05) is 69.6 Å². The smallest absolute Gasteiger partial charge is 0.258 e. The molecule has 20 heteroatoms. The topological polar surface area (TPSA) is 200 Å². The van der Waals surface area contributed by atoms with E-state index in [1.165, 1.54) is 79.7 Å². The molecule has 14 nitrogen and oxygen atoms in total. The van der Waals surface area contributed by atoms with E-state index in [4.69, 9.17) is 69.6 Å². The molecule has 0 aliphatic heterocycles. The summed E-state index contributed by atoms with van der Waals surface area (Å²) in [5.74, 6) is -3.98. The summed E-state index contributed by atoms with van der Waals surface area (Å²) < 4.78 is 0. The number of carbonyl (C=O) groups is 6. The van der Waals surface area contributed by atoms with Gasteiger partial charge in [0.15, 0.2) is 11.6 Å². The third-order valence-corrected chi connectivity index (χ3v) is 10.5. The van der Waals surface area contributed by atoms with Crippen molar-refractivity contribution in [2.24, 2.45) is 20.5 Å². The number of azo groups is 2. The summed E-state index contributed by atoms with van der Waals surface area (Å²) >= 11 is 36.5. The quantitative estimate of drug-likeness (QED) is 0.0630. The molecule has 62 heavy (non-hydrogen) atoms. The minimum atomic E-state index is -1.59. The normalized spacial score (nSPS) is 12.2. The Morgan fingerprint density at radius 2 is 0.871 bits per heavy atom. The Morgan fingerprint density at radius 1 is 0.468 bits per heavy atom. The number of anilines is 4. The number of amides is 4. The van der Waals surface area contributed by atoms with Gasteiger partial charge in [-0.25, -0.2) is 0 Å². The van der Waals surface area contributed by atoms with E-state index in [9.17, 15) is 28.8 Å². The second kappa shape index (κ2) is 20.9. The second-order valence-corrected chi connectivity index (χ2v) is 16.0. The predicted octanol–water partition coefficient (Wildman–Crippen LogP) is 12.1. The van der Waals surface area contributed by atoms with Crippen LogP contribution in [0.3, 0.4) is 0 Å². The molecule has 0 aromatic heterocycles. The molecule has 5 rings (SSSR count). The van der Waals surface area contributed by atoms with Crippen molar-refractivity contribution < 1.29 is 28.8 Å². The maximum atomic E-state index is 13.4. The molecule has 2 atom stereocenters. The molecule has 0 aliphatic rings. The molecule has 0 fully saturated rings. The number of nitrogens with one attached hydrogen (secondary N) is 4. The first-order chi connectivity index (χ1) is 29.3. The van der Waals surface area contributed by atoms with Crippen LogP contribution in [-0.4, -0.2) is 47.3 Å². The molecule has 0 heterocycles. The van der Waals surface area contributed by atoms with Crippen molar-refractivity contribution in [3.05, 3.63) is 137 Å². The monoisotopic (exact) mass is 954 g/mol. The van der Waals surface area contributed by atoms with E-state index >= 15 is 0 Å². The van der Waals surface area contributed by atoms with Crippen molar-refractivity contribution in [2.75, 3.05) is 21.3 Å². The van der Waals surface area contributed by atoms with E-state index in [0.717, 1.165) is 6.92 Å². The van der Waals surface area contributed by atoms with Crippen molar-refractivity contribution in [2.45, 2.75) is 39.8 Å². The minimum absolute atomic E-state index is 0.0899. The highest BCUT2D eigenvalue weighted by Gasteiger charge is 2.26. The summed E-state index contributed by atoms with van der Waals surface area (Å²) in [7, 11) is 0. The van der Waals surface area contributed by atoms with Crippen molar-refractivity contribution >= 4 is 139 Å². The molecule has 5 aromatic rings. The van der Waals surface area contributed by atoms with Gasteiger partial charge in [-0.3, -0.25) is 28.8 Å². The fourth-order valence-corrected chi connectivity index (χ4v) is 6.66. The van der Waals surface area contributed by atoms with E-state index in [-0.39, 0.29) is 48.3 Å². The maximum absolute atomic E-state index is 13.4. The van der Waals surface area contributed by atoms with E-state index in [2.05, 4.69) is 41.7 Å². The van der Waals surface area contributed by atoms with Gasteiger partial charge in [-0.05, 0) is 124 Å². The Bertz CT molecular complexity index is 2690. The number of ketones is 2. The Balaban J connectivity index is 1.26. The number of benzene rings is 5. The lowest BCUT2D eigenvalue weighted by Crippen LogP contribution is -2.33. The van der Waals surface area contributed by atoms with Crippen molar-refractivity contribution in [3.8, 4) is 0 Å². The highest BCUT2D eigenvalue weighted by atomic mass is 35.5. The number of hydrogen-bond acceptors (Lipinski definition) is 10. The van der Waals surface area contributed by atoms with Crippen molar-refractivity contribution in [1.82, 2.24) is 0 Å². The van der Waals surface area contributed by atoms with Crippen LogP contribution in [0.5, 0.6) is 0 Å². The van der Waals surface area contributed by atoms with Crippen LogP contribution in [0, 0.1) is 13.8 Å². The van der Waals surface area contributed by atoms with Gasteiger partial charge in [0.05, 0.1) is 31.5 Å². The summed E-state index contributed by atoms with van der Waals surface area (Å²) in [6.45, 7) is 5.63. The highest BCUT2D eigenvalue weighted by Crippen LogP contribution is 2.30. The molecule has 0 saturated heterocycles. The van der Waals surface area contributed by atoms with Crippen molar-refractivity contribution in [3.63, 3.8) is 0 Å². The molecule has 0 bridgehead atoms. The van der Waals surface area contributed by atoms with Gasteiger partial charge >= 0.3 is 0 Å². The average molecular weight is 957 g/mol. The molecule has 318 valence electrons. The van der Waals surface area contributed by atoms with Crippen LogP contribution in [-0.2, 0) is 19.2 Å². The first kappa shape index (κ1) is 47.3. The summed E-state index contributed by atoms with van der Waals surface area (Å²) in [6.07, 6.45) is 0. The lowest BCUT2D eigenvalue weighted by atomic mass is 10.1. The van der Waals surface area contributed by atoms with Gasteiger partial charge in [0, 0.05) is 43.9 Å². The first-order valence-electron chi connectivity index (χ1n) is 18.0. The third-order valence-electron chi connectivity index (χ3n) is 8.54. The molecule has 5 aromatic carbocycles. The minimum Gasteiger partial charge on any atom is -0.324 e. The maximum Gasteiger partial charge on any atom is 0.258 e. The number of Topliss-reactive ketones (excluding diaryl/α,β-unsaturated/α-hetero) is 2. The van der Waals surface area contributed by atoms with Crippen LogP contribution < -0.4 is 21.3 Å². The number of aryl methyl sites for hydroxylation is 2. The molecule has 2 unspecified atom stereocenters. The first-order valence-corrected chi connectivity index (χ1v) is 20.2. The summed E-state index contributed by atoms with van der Waals surface area (Å²) in [5, 5.41) is 28.0. The highest BCUT2D eigenvalue weighted by molar-refractivity contribution is 6.42. The van der Waals surface area contributed by atoms with Gasteiger partial charge < -0.3 is 21.3 Å². The predicted molar refractivity (Wildman–Crippen MR) is 243 cm³/mol. The molecule has 0 saturated carbocycles. The lowest BCUT2D eigenvalue weighted by Gasteiger charge is -2.17. The van der Waals surface area contributed by atoms with E-state index in [1.807, 2.05) is 0 Å². The summed E-state index contributed by atoms with van der Waals surface area (Å²) in [6, 6.07) is 17.3. The van der Waals surface area contributed by atoms with Crippen LogP contribution in [0.25, 0.3) is 0 Å². The van der Waals surface area contributed by atoms with Gasteiger partial charge in [-0.15, -0.1) is 0 Å². The van der Waals surface area contributed by atoms with E-state index in [1.54, 1.807) is 26.0 Å². The number of rotatable bonds is 14. The molecule has 4 amide bonds. The molecular formula is C42H32Cl6N8O6. The number of hydrogen-bond donors (Lipinski definition) is 4. The SMILES string of the molecule is CC(=O)C(N=Nc1cc(Cl)cc(C(=O)Nc2ccc(Cl)c(Cl)c2)c1)C(=O)Nc1cc(C)c(NC(=O)C(N=Nc2cc(Cl)cc(C(=O)Nc3ccc(Cl)c(Cl)c3)c2)C(C)=O)c(C)c1.